The second-order valence-electron chi connectivity index (χ2n) is 11.1. The van der Waals surface area contributed by atoms with Crippen LogP contribution < -0.4 is 15.5 Å². The fraction of sp³-hybridized carbons (Fsp3) is 0.367. The maximum atomic E-state index is 13.7. The van der Waals surface area contributed by atoms with Crippen molar-refractivity contribution in [3.63, 3.8) is 0 Å². The van der Waals surface area contributed by atoms with E-state index in [4.69, 9.17) is 4.74 Å². The van der Waals surface area contributed by atoms with Crippen LogP contribution in [0.3, 0.4) is 0 Å². The van der Waals surface area contributed by atoms with Crippen LogP contribution in [0.4, 0.5) is 21.6 Å². The molecule has 3 aromatic heterocycles. The summed E-state index contributed by atoms with van der Waals surface area (Å²) in [6.07, 6.45) is 6.85. The van der Waals surface area contributed by atoms with Gasteiger partial charge in [-0.25, -0.2) is 14.4 Å². The molecule has 3 N–H and O–H groups in total. The van der Waals surface area contributed by atoms with E-state index in [-0.39, 0.29) is 11.7 Å². The highest BCUT2D eigenvalue weighted by atomic mass is 19.1. The second kappa shape index (κ2) is 10.4. The van der Waals surface area contributed by atoms with Crippen LogP contribution in [0.2, 0.25) is 0 Å². The Morgan fingerprint density at radius 2 is 1.98 bits per heavy atom. The van der Waals surface area contributed by atoms with Crippen molar-refractivity contribution in [2.75, 3.05) is 56.2 Å². The summed E-state index contributed by atoms with van der Waals surface area (Å²) in [5.41, 5.74) is 4.43. The number of halogens is 1. The Morgan fingerprint density at radius 3 is 2.80 bits per heavy atom. The number of benzene rings is 1. The minimum absolute atomic E-state index is 0.159. The van der Waals surface area contributed by atoms with Crippen LogP contribution in [0.1, 0.15) is 28.8 Å². The van der Waals surface area contributed by atoms with E-state index in [1.807, 2.05) is 34.9 Å². The van der Waals surface area contributed by atoms with Crippen LogP contribution in [0, 0.1) is 5.82 Å². The van der Waals surface area contributed by atoms with E-state index in [2.05, 4.69) is 30.4 Å². The first-order valence-corrected chi connectivity index (χ1v) is 14.0. The molecule has 0 radical (unpaired) electrons. The molecule has 10 nitrogen and oxygen atoms in total. The summed E-state index contributed by atoms with van der Waals surface area (Å²) in [5, 5.41) is 17.6. The number of carbonyl (C=O) groups is 1. The fourth-order valence-electron chi connectivity index (χ4n) is 6.27. The number of piperidine rings is 1. The summed E-state index contributed by atoms with van der Waals surface area (Å²) >= 11 is 0. The van der Waals surface area contributed by atoms with Gasteiger partial charge in [-0.3, -0.25) is 14.1 Å². The van der Waals surface area contributed by atoms with Crippen molar-refractivity contribution in [2.24, 2.45) is 0 Å². The van der Waals surface area contributed by atoms with Gasteiger partial charge in [0.1, 0.15) is 17.3 Å². The van der Waals surface area contributed by atoms with Crippen LogP contribution in [-0.4, -0.2) is 81.8 Å². The maximum Gasteiger partial charge on any atom is 0.254 e. The average molecular weight is 558 g/mol. The van der Waals surface area contributed by atoms with E-state index < -0.39 is 5.60 Å². The summed E-state index contributed by atoms with van der Waals surface area (Å²) in [6.45, 7) is 5.60. The monoisotopic (exact) mass is 557 g/mol. The Hall–Kier alpha value is -4.06. The standard InChI is InChI=1S/C30H32FN7O3/c31-20-6-9-38-25(17-33-27(38)14-20)22-3-4-24(28-23(22)16-34-29(28)39)35-26-5-2-21(15-32-26)37-8-1-7-30(40,19-37)18-36-10-12-41-13-11-36/h2-6,9,14-15,17,40H,1,7-8,10-13,16,18-19H2,(H,32,35)(H,34,39)/t30-/m1/s1. The number of aromatic nitrogens is 3. The van der Waals surface area contributed by atoms with Crippen LogP contribution in [0.25, 0.3) is 16.9 Å². The minimum Gasteiger partial charge on any atom is -0.387 e. The normalized spacial score (nSPS) is 21.2. The quantitative estimate of drug-likeness (QED) is 0.332. The molecule has 0 unspecified atom stereocenters. The molecule has 0 saturated carbocycles. The lowest BCUT2D eigenvalue weighted by molar-refractivity contribution is -0.0382. The lowest BCUT2D eigenvalue weighted by atomic mass is 9.91. The smallest absolute Gasteiger partial charge is 0.254 e. The zero-order valence-corrected chi connectivity index (χ0v) is 22.6. The van der Waals surface area contributed by atoms with Gasteiger partial charge in [0.05, 0.1) is 53.8 Å². The van der Waals surface area contributed by atoms with E-state index in [0.717, 1.165) is 55.0 Å². The molecule has 1 amide bonds. The molecule has 6 heterocycles. The van der Waals surface area contributed by atoms with Crippen LogP contribution in [0.5, 0.6) is 0 Å². The molecule has 212 valence electrons. The number of amides is 1. The Balaban J connectivity index is 1.10. The first-order chi connectivity index (χ1) is 20.0. The summed E-state index contributed by atoms with van der Waals surface area (Å²) in [4.78, 5) is 26.4. The van der Waals surface area contributed by atoms with Gasteiger partial charge in [-0.05, 0) is 42.7 Å². The molecule has 3 aliphatic heterocycles. The Kier molecular flexibility index (Phi) is 6.57. The third kappa shape index (κ3) is 5.01. The number of carbonyl (C=O) groups excluding carboxylic acids is 1. The highest BCUT2D eigenvalue weighted by Gasteiger charge is 2.35. The Labute approximate surface area is 236 Å². The van der Waals surface area contributed by atoms with Crippen molar-refractivity contribution in [1.29, 1.82) is 0 Å². The maximum absolute atomic E-state index is 13.7. The van der Waals surface area contributed by atoms with Gasteiger partial charge in [-0.15, -0.1) is 0 Å². The number of imidazole rings is 1. The molecular formula is C30H32FN7O3. The topological polar surface area (TPSA) is 107 Å². The molecule has 1 aromatic carbocycles. The molecule has 1 atom stereocenters. The van der Waals surface area contributed by atoms with Gasteiger partial charge in [0.15, 0.2) is 0 Å². The number of anilines is 3. The van der Waals surface area contributed by atoms with Gasteiger partial charge < -0.3 is 25.4 Å². The molecule has 11 heteroatoms. The molecule has 0 bridgehead atoms. The van der Waals surface area contributed by atoms with Gasteiger partial charge in [-0.2, -0.15) is 0 Å². The Morgan fingerprint density at radius 1 is 1.10 bits per heavy atom. The number of nitrogens with one attached hydrogen (secondary N) is 2. The molecule has 0 spiro atoms. The van der Waals surface area contributed by atoms with Gasteiger partial charge in [0.2, 0.25) is 0 Å². The van der Waals surface area contributed by atoms with Crippen LogP contribution in [0.15, 0.2) is 55.0 Å². The molecule has 3 aliphatic rings. The number of nitrogens with zero attached hydrogens (tertiary/aromatic N) is 5. The van der Waals surface area contributed by atoms with Gasteiger partial charge in [0, 0.05) is 57.1 Å². The van der Waals surface area contributed by atoms with Crippen molar-refractivity contribution in [2.45, 2.75) is 25.0 Å². The number of rotatable bonds is 6. The van der Waals surface area contributed by atoms with E-state index >= 15 is 0 Å². The third-order valence-electron chi connectivity index (χ3n) is 8.27. The zero-order chi connectivity index (χ0) is 28.0. The van der Waals surface area contributed by atoms with E-state index in [1.54, 1.807) is 12.4 Å². The van der Waals surface area contributed by atoms with Crippen LogP contribution >= 0.6 is 0 Å². The van der Waals surface area contributed by atoms with Crippen molar-refractivity contribution in [3.8, 4) is 11.3 Å². The molecule has 4 aromatic rings. The number of fused-ring (bicyclic) bond motifs is 2. The Bertz CT molecular complexity index is 1600. The molecule has 2 saturated heterocycles. The molecule has 0 aliphatic carbocycles. The van der Waals surface area contributed by atoms with Crippen molar-refractivity contribution in [3.05, 3.63) is 71.9 Å². The number of hydrogen-bond donors (Lipinski definition) is 3. The summed E-state index contributed by atoms with van der Waals surface area (Å²) in [5.74, 6) is 0.113. The lowest BCUT2D eigenvalue weighted by Gasteiger charge is -2.43. The number of morpholine rings is 1. The predicted octanol–water partition coefficient (Wildman–Crippen LogP) is 3.19. The average Bonchev–Trinajstić information content (AvgIpc) is 3.57. The first kappa shape index (κ1) is 25.9. The van der Waals surface area contributed by atoms with Crippen molar-refractivity contribution in [1.82, 2.24) is 24.6 Å². The van der Waals surface area contributed by atoms with E-state index in [0.29, 0.717) is 55.6 Å². The van der Waals surface area contributed by atoms with E-state index in [9.17, 15) is 14.3 Å². The van der Waals surface area contributed by atoms with Crippen molar-refractivity contribution < 1.29 is 19.0 Å². The zero-order valence-electron chi connectivity index (χ0n) is 22.6. The molecule has 2 fully saturated rings. The fourth-order valence-corrected chi connectivity index (χ4v) is 6.27. The number of pyridine rings is 2. The first-order valence-electron chi connectivity index (χ1n) is 14.0. The molecule has 41 heavy (non-hydrogen) atoms. The SMILES string of the molecule is O=C1NCc2c(-c3cnc4cc(F)ccn34)ccc(Nc3ccc(N4CCC[C@@](O)(CN5CCOCC5)C4)cn3)c21. The summed E-state index contributed by atoms with van der Waals surface area (Å²) < 4.78 is 21.0. The van der Waals surface area contributed by atoms with Gasteiger partial charge in [0.25, 0.3) is 5.91 Å². The lowest BCUT2D eigenvalue weighted by Crippen LogP contribution is -2.56. The third-order valence-corrected chi connectivity index (χ3v) is 8.27. The number of hydrogen-bond acceptors (Lipinski definition) is 8. The van der Waals surface area contributed by atoms with Crippen molar-refractivity contribution >= 4 is 28.7 Å². The number of aliphatic hydroxyl groups is 1. The van der Waals surface area contributed by atoms with Gasteiger partial charge in [-0.1, -0.05) is 6.07 Å². The van der Waals surface area contributed by atoms with Gasteiger partial charge >= 0.3 is 0 Å². The second-order valence-corrected chi connectivity index (χ2v) is 11.1. The molecular weight excluding hydrogens is 525 g/mol. The van der Waals surface area contributed by atoms with E-state index in [1.165, 1.54) is 12.1 Å². The minimum atomic E-state index is -0.767. The summed E-state index contributed by atoms with van der Waals surface area (Å²) in [6, 6.07) is 10.5. The highest BCUT2D eigenvalue weighted by molar-refractivity contribution is 6.06. The highest BCUT2D eigenvalue weighted by Crippen LogP contribution is 2.36. The molecule has 7 rings (SSSR count). The number of β-amino-alcohol motifs (C(OH)–C–C–N with tert-alkyl or cyclic N) is 1. The van der Waals surface area contributed by atoms with Crippen LogP contribution in [-0.2, 0) is 11.3 Å². The predicted molar refractivity (Wildman–Crippen MR) is 153 cm³/mol. The number of ether oxygens (including phenoxy) is 1. The summed E-state index contributed by atoms with van der Waals surface area (Å²) in [7, 11) is 0. The largest absolute Gasteiger partial charge is 0.387 e.